The standard InChI is InChI=1S/C30H40N6O7/c31-14-5-4-8-23(28(40)33-21-11-9-20(18-37)10-12-21)35-29(41)25(16-19-6-2-1-3-7-19)36-27(39)22(32)17-26(38)34-24-13-15-43-30(24)42/h1-3,6-7,9-12,22-25,37H,4-5,8,13-18,31-32H2,(H,33,40)(H,34,38)(H,35,41)(H,36,39)/t22-,23-,24-,25-/m0/s1. The Morgan fingerprint density at radius 2 is 1.60 bits per heavy atom. The van der Waals surface area contributed by atoms with Gasteiger partial charge in [0.15, 0.2) is 0 Å². The zero-order valence-electron chi connectivity index (χ0n) is 23.9. The lowest BCUT2D eigenvalue weighted by Crippen LogP contribution is -2.56. The number of aliphatic hydroxyl groups is 1. The van der Waals surface area contributed by atoms with Crippen LogP contribution in [0.15, 0.2) is 54.6 Å². The summed E-state index contributed by atoms with van der Waals surface area (Å²) in [6.07, 6.45) is 1.55. The minimum absolute atomic E-state index is 0.102. The predicted octanol–water partition coefficient (Wildman–Crippen LogP) is -0.392. The molecule has 0 unspecified atom stereocenters. The third-order valence-corrected chi connectivity index (χ3v) is 6.91. The molecule has 13 heteroatoms. The van der Waals surface area contributed by atoms with Crippen molar-refractivity contribution in [2.45, 2.75) is 69.3 Å². The van der Waals surface area contributed by atoms with E-state index < -0.39 is 60.2 Å². The van der Waals surface area contributed by atoms with Gasteiger partial charge in [-0.1, -0.05) is 42.5 Å². The molecule has 0 bridgehead atoms. The minimum Gasteiger partial charge on any atom is -0.464 e. The van der Waals surface area contributed by atoms with E-state index in [2.05, 4.69) is 21.3 Å². The highest BCUT2D eigenvalue weighted by Crippen LogP contribution is 2.13. The Kier molecular flexibility index (Phi) is 13.1. The molecular formula is C30H40N6O7. The second kappa shape index (κ2) is 16.9. The van der Waals surface area contributed by atoms with Crippen LogP contribution < -0.4 is 32.7 Å². The monoisotopic (exact) mass is 596 g/mol. The van der Waals surface area contributed by atoms with Crippen LogP contribution >= 0.6 is 0 Å². The van der Waals surface area contributed by atoms with E-state index in [1.807, 2.05) is 6.07 Å². The summed E-state index contributed by atoms with van der Waals surface area (Å²) in [5, 5.41) is 19.9. The molecule has 1 fully saturated rings. The highest BCUT2D eigenvalue weighted by Gasteiger charge is 2.31. The van der Waals surface area contributed by atoms with E-state index in [1.165, 1.54) is 0 Å². The van der Waals surface area contributed by atoms with Gasteiger partial charge in [0.1, 0.15) is 18.1 Å². The number of hydrogen-bond acceptors (Lipinski definition) is 9. The van der Waals surface area contributed by atoms with Crippen LogP contribution in [-0.4, -0.2) is 72.0 Å². The molecule has 0 aromatic heterocycles. The minimum atomic E-state index is -1.30. The molecule has 232 valence electrons. The predicted molar refractivity (Wildman–Crippen MR) is 158 cm³/mol. The SMILES string of the molecule is NCCCC[C@H](NC(=O)[C@H](Cc1ccccc1)NC(=O)[C@@H](N)CC(=O)N[C@H]1CCOC1=O)C(=O)Nc1ccc(CO)cc1. The molecule has 0 spiro atoms. The van der Waals surface area contributed by atoms with Crippen LogP contribution in [0.5, 0.6) is 0 Å². The van der Waals surface area contributed by atoms with Gasteiger partial charge in [-0.2, -0.15) is 0 Å². The smallest absolute Gasteiger partial charge is 0.328 e. The Balaban J connectivity index is 1.69. The molecule has 1 saturated heterocycles. The molecule has 0 radical (unpaired) electrons. The number of ether oxygens (including phenoxy) is 1. The van der Waals surface area contributed by atoms with Gasteiger partial charge in [0.05, 0.1) is 25.7 Å². The number of unbranched alkanes of at least 4 members (excludes halogenated alkanes) is 1. The number of esters is 1. The number of rotatable bonds is 16. The fraction of sp³-hybridized carbons (Fsp3) is 0.433. The van der Waals surface area contributed by atoms with E-state index in [-0.39, 0.29) is 19.6 Å². The molecule has 0 saturated carbocycles. The summed E-state index contributed by atoms with van der Waals surface area (Å²) in [5.41, 5.74) is 13.5. The molecule has 4 amide bonds. The third-order valence-electron chi connectivity index (χ3n) is 6.91. The third kappa shape index (κ3) is 10.8. The Morgan fingerprint density at radius 1 is 0.907 bits per heavy atom. The Hall–Kier alpha value is -4.33. The Labute approximate surface area is 250 Å². The van der Waals surface area contributed by atoms with Crippen molar-refractivity contribution >= 4 is 35.3 Å². The van der Waals surface area contributed by atoms with Crippen LogP contribution in [0.2, 0.25) is 0 Å². The number of carbonyl (C=O) groups excluding carboxylic acids is 5. The van der Waals surface area contributed by atoms with E-state index in [0.717, 1.165) is 5.56 Å². The van der Waals surface area contributed by atoms with Crippen molar-refractivity contribution in [1.29, 1.82) is 0 Å². The fourth-order valence-electron chi connectivity index (χ4n) is 4.47. The molecule has 1 aliphatic rings. The normalized spacial score (nSPS) is 16.3. The molecular weight excluding hydrogens is 556 g/mol. The van der Waals surface area contributed by atoms with Crippen molar-refractivity contribution in [2.24, 2.45) is 11.5 Å². The van der Waals surface area contributed by atoms with E-state index >= 15 is 0 Å². The van der Waals surface area contributed by atoms with Gasteiger partial charge in [-0.05, 0) is 49.1 Å². The van der Waals surface area contributed by atoms with Crippen molar-refractivity contribution in [1.82, 2.24) is 16.0 Å². The van der Waals surface area contributed by atoms with Crippen LogP contribution in [0.1, 0.15) is 43.2 Å². The fourth-order valence-corrected chi connectivity index (χ4v) is 4.47. The summed E-state index contributed by atoms with van der Waals surface area (Å²) in [5.74, 6) is -2.94. The van der Waals surface area contributed by atoms with E-state index in [4.69, 9.17) is 16.2 Å². The average molecular weight is 597 g/mol. The van der Waals surface area contributed by atoms with Crippen molar-refractivity contribution in [3.05, 3.63) is 65.7 Å². The van der Waals surface area contributed by atoms with Crippen molar-refractivity contribution in [3.8, 4) is 0 Å². The summed E-state index contributed by atoms with van der Waals surface area (Å²) >= 11 is 0. The molecule has 1 heterocycles. The van der Waals surface area contributed by atoms with Gasteiger partial charge in [0.2, 0.25) is 23.6 Å². The van der Waals surface area contributed by atoms with Crippen LogP contribution in [-0.2, 0) is 41.7 Å². The van der Waals surface area contributed by atoms with Gasteiger partial charge < -0.3 is 42.6 Å². The van der Waals surface area contributed by atoms with Gasteiger partial charge in [-0.25, -0.2) is 4.79 Å². The van der Waals surface area contributed by atoms with Crippen LogP contribution in [0.4, 0.5) is 5.69 Å². The van der Waals surface area contributed by atoms with Crippen LogP contribution in [0.25, 0.3) is 0 Å². The van der Waals surface area contributed by atoms with Gasteiger partial charge in [0, 0.05) is 18.5 Å². The molecule has 0 aliphatic carbocycles. The topological polar surface area (TPSA) is 215 Å². The number of carbonyl (C=O) groups is 5. The zero-order valence-corrected chi connectivity index (χ0v) is 23.9. The number of amides is 4. The largest absolute Gasteiger partial charge is 0.464 e. The zero-order chi connectivity index (χ0) is 31.2. The highest BCUT2D eigenvalue weighted by atomic mass is 16.5. The lowest BCUT2D eigenvalue weighted by atomic mass is 10.0. The summed E-state index contributed by atoms with van der Waals surface area (Å²) in [7, 11) is 0. The summed E-state index contributed by atoms with van der Waals surface area (Å²) < 4.78 is 4.82. The van der Waals surface area contributed by atoms with Gasteiger partial charge in [-0.3, -0.25) is 19.2 Å². The van der Waals surface area contributed by atoms with Gasteiger partial charge in [-0.15, -0.1) is 0 Å². The first kappa shape index (κ1) is 33.2. The van der Waals surface area contributed by atoms with E-state index in [1.54, 1.807) is 48.5 Å². The van der Waals surface area contributed by atoms with Crippen molar-refractivity contribution < 1.29 is 33.8 Å². The van der Waals surface area contributed by atoms with Gasteiger partial charge in [0.25, 0.3) is 0 Å². The van der Waals surface area contributed by atoms with Crippen molar-refractivity contribution in [2.75, 3.05) is 18.5 Å². The van der Waals surface area contributed by atoms with E-state index in [9.17, 15) is 29.1 Å². The first-order valence-corrected chi connectivity index (χ1v) is 14.3. The summed E-state index contributed by atoms with van der Waals surface area (Å²) in [6.45, 7) is 0.489. The highest BCUT2D eigenvalue weighted by molar-refractivity contribution is 5.99. The Morgan fingerprint density at radius 3 is 2.23 bits per heavy atom. The van der Waals surface area contributed by atoms with Gasteiger partial charge >= 0.3 is 5.97 Å². The maximum Gasteiger partial charge on any atom is 0.328 e. The molecule has 43 heavy (non-hydrogen) atoms. The lowest BCUT2D eigenvalue weighted by Gasteiger charge is -2.24. The number of benzene rings is 2. The summed E-state index contributed by atoms with van der Waals surface area (Å²) in [6, 6.07) is 11.5. The molecule has 3 rings (SSSR count). The molecule has 4 atom stereocenters. The number of nitrogens with one attached hydrogen (secondary N) is 4. The quantitative estimate of drug-likeness (QED) is 0.0990. The van der Waals surface area contributed by atoms with Crippen LogP contribution in [0, 0.1) is 0 Å². The lowest BCUT2D eigenvalue weighted by molar-refractivity contribution is -0.141. The molecule has 2 aromatic rings. The number of aliphatic hydroxyl groups excluding tert-OH is 1. The average Bonchev–Trinajstić information content (AvgIpc) is 3.40. The maximum atomic E-state index is 13.5. The van der Waals surface area contributed by atoms with Crippen LogP contribution in [0.3, 0.4) is 0 Å². The number of hydrogen-bond donors (Lipinski definition) is 7. The summed E-state index contributed by atoms with van der Waals surface area (Å²) in [4.78, 5) is 63.8. The maximum absolute atomic E-state index is 13.5. The Bertz CT molecular complexity index is 1240. The van der Waals surface area contributed by atoms with E-state index in [0.29, 0.717) is 43.5 Å². The molecule has 1 aliphatic heterocycles. The second-order valence-electron chi connectivity index (χ2n) is 10.3. The molecule has 9 N–H and O–H groups in total. The molecule has 13 nitrogen and oxygen atoms in total. The number of cyclic esters (lactones) is 1. The molecule has 2 aromatic carbocycles. The number of nitrogens with two attached hydrogens (primary N) is 2. The number of anilines is 1. The second-order valence-corrected chi connectivity index (χ2v) is 10.3. The first-order valence-electron chi connectivity index (χ1n) is 14.3. The van der Waals surface area contributed by atoms with Crippen molar-refractivity contribution in [3.63, 3.8) is 0 Å². The first-order chi connectivity index (χ1) is 20.7.